The molecule has 1 amide bonds. The topological polar surface area (TPSA) is 92.2 Å². The Morgan fingerprint density at radius 1 is 1.19 bits per heavy atom. The molecule has 0 spiro atoms. The molecule has 130 valence electrons. The van der Waals surface area contributed by atoms with Crippen LogP contribution < -0.4 is 10.9 Å². The van der Waals surface area contributed by atoms with E-state index >= 15 is 0 Å². The number of nitrogens with one attached hydrogen (secondary N) is 2. The Balaban J connectivity index is 1.61. The van der Waals surface area contributed by atoms with Crippen molar-refractivity contribution < 1.29 is 4.79 Å². The van der Waals surface area contributed by atoms with Crippen LogP contribution >= 0.6 is 0 Å². The van der Waals surface area contributed by atoms with Crippen molar-refractivity contribution in [1.29, 1.82) is 0 Å². The Morgan fingerprint density at radius 3 is 2.81 bits per heavy atom. The summed E-state index contributed by atoms with van der Waals surface area (Å²) in [5.41, 5.74) is 2.45. The first kappa shape index (κ1) is 16.0. The highest BCUT2D eigenvalue weighted by Crippen LogP contribution is 2.17. The third kappa shape index (κ3) is 2.83. The number of H-pyrrole nitrogens is 1. The number of hydrogen-bond acceptors (Lipinski definition) is 4. The van der Waals surface area contributed by atoms with E-state index in [1.807, 2.05) is 24.3 Å². The molecule has 4 aromatic rings. The van der Waals surface area contributed by atoms with E-state index in [2.05, 4.69) is 20.4 Å². The zero-order valence-corrected chi connectivity index (χ0v) is 14.2. The molecule has 0 bridgehead atoms. The summed E-state index contributed by atoms with van der Waals surface area (Å²) in [5, 5.41) is 6.69. The molecule has 0 atom stereocenters. The second-order valence-electron chi connectivity index (χ2n) is 6.06. The van der Waals surface area contributed by atoms with Gasteiger partial charge >= 0.3 is 0 Å². The molecule has 26 heavy (non-hydrogen) atoms. The lowest BCUT2D eigenvalue weighted by molar-refractivity contribution is -0.116. The minimum atomic E-state index is -0.191. The first-order valence-electron chi connectivity index (χ1n) is 8.33. The molecule has 0 radical (unpaired) electrons. The van der Waals surface area contributed by atoms with Crippen LogP contribution in [0.15, 0.2) is 53.5 Å². The second kappa shape index (κ2) is 6.44. The molecular formula is C19H17N5O2. The zero-order valence-electron chi connectivity index (χ0n) is 14.2. The van der Waals surface area contributed by atoms with E-state index in [1.165, 1.54) is 4.52 Å². The summed E-state index contributed by atoms with van der Waals surface area (Å²) in [6.07, 6.45) is 2.11. The van der Waals surface area contributed by atoms with E-state index in [4.69, 9.17) is 0 Å². The minimum Gasteiger partial charge on any atom is -0.311 e. The molecule has 0 aliphatic carbocycles. The fourth-order valence-electron chi connectivity index (χ4n) is 3.01. The van der Waals surface area contributed by atoms with Gasteiger partial charge in [-0.05, 0) is 37.6 Å². The molecule has 0 fully saturated rings. The van der Waals surface area contributed by atoms with Crippen molar-refractivity contribution >= 4 is 28.3 Å². The molecule has 3 heterocycles. The standard InChI is InChI=1S/C19H17N5O2/c1-12-13(9-10-17(25)22-16-8-4-5-11-20-16)19(26)24-18(21-12)14-6-2-3-7-15(14)23-24/h2-8,11,23H,9-10H2,1H3,(H,20,22,25). The van der Waals surface area contributed by atoms with Gasteiger partial charge in [-0.25, -0.2) is 14.5 Å². The van der Waals surface area contributed by atoms with Gasteiger partial charge in [0.05, 0.1) is 5.52 Å². The SMILES string of the molecule is Cc1nc2c3ccccc3[nH]n2c(=O)c1CCC(=O)Nc1ccccn1. The van der Waals surface area contributed by atoms with Crippen molar-refractivity contribution in [3.05, 3.63) is 70.3 Å². The van der Waals surface area contributed by atoms with Gasteiger partial charge in [-0.15, -0.1) is 0 Å². The molecule has 1 aromatic carbocycles. The molecule has 4 rings (SSSR count). The van der Waals surface area contributed by atoms with Crippen molar-refractivity contribution in [3.63, 3.8) is 0 Å². The predicted molar refractivity (Wildman–Crippen MR) is 99.2 cm³/mol. The molecule has 7 nitrogen and oxygen atoms in total. The summed E-state index contributed by atoms with van der Waals surface area (Å²) < 4.78 is 1.45. The third-order valence-electron chi connectivity index (χ3n) is 4.32. The van der Waals surface area contributed by atoms with Gasteiger partial charge in [0.1, 0.15) is 5.82 Å². The summed E-state index contributed by atoms with van der Waals surface area (Å²) in [7, 11) is 0. The second-order valence-corrected chi connectivity index (χ2v) is 6.06. The first-order chi connectivity index (χ1) is 12.6. The number of anilines is 1. The number of rotatable bonds is 4. The molecular weight excluding hydrogens is 330 g/mol. The van der Waals surface area contributed by atoms with Crippen molar-refractivity contribution in [2.75, 3.05) is 5.32 Å². The molecule has 0 saturated carbocycles. The van der Waals surface area contributed by atoms with Gasteiger partial charge in [0.25, 0.3) is 5.56 Å². The maximum absolute atomic E-state index is 12.8. The van der Waals surface area contributed by atoms with E-state index in [0.29, 0.717) is 29.1 Å². The normalized spacial score (nSPS) is 11.1. The Morgan fingerprint density at radius 2 is 2.00 bits per heavy atom. The number of carbonyl (C=O) groups excluding carboxylic acids is 1. The van der Waals surface area contributed by atoms with E-state index in [9.17, 15) is 9.59 Å². The van der Waals surface area contributed by atoms with Crippen LogP contribution in [0.4, 0.5) is 5.82 Å². The summed E-state index contributed by atoms with van der Waals surface area (Å²) in [6, 6.07) is 12.9. The maximum Gasteiger partial charge on any atom is 0.276 e. The van der Waals surface area contributed by atoms with E-state index in [0.717, 1.165) is 10.9 Å². The lowest BCUT2D eigenvalue weighted by atomic mass is 10.1. The van der Waals surface area contributed by atoms with Crippen LogP contribution in [-0.4, -0.2) is 25.5 Å². The number of fused-ring (bicyclic) bond motifs is 3. The number of nitrogens with zero attached hydrogens (tertiary/aromatic N) is 3. The fraction of sp³-hybridized carbons (Fsp3) is 0.158. The van der Waals surface area contributed by atoms with Gasteiger partial charge in [-0.1, -0.05) is 18.2 Å². The summed E-state index contributed by atoms with van der Waals surface area (Å²) in [5.74, 6) is 0.305. The number of aromatic nitrogens is 4. The average Bonchev–Trinajstić information content (AvgIpc) is 3.01. The summed E-state index contributed by atoms with van der Waals surface area (Å²) in [4.78, 5) is 33.6. The fourth-order valence-corrected chi connectivity index (χ4v) is 3.01. The number of amides is 1. The molecule has 0 aliphatic heterocycles. The average molecular weight is 347 g/mol. The molecule has 2 N–H and O–H groups in total. The molecule has 0 unspecified atom stereocenters. The van der Waals surface area contributed by atoms with Gasteiger partial charge < -0.3 is 5.32 Å². The highest BCUT2D eigenvalue weighted by molar-refractivity contribution is 5.92. The lowest BCUT2D eigenvalue weighted by Crippen LogP contribution is -2.23. The Labute approximate surface area is 148 Å². The number of aromatic amines is 1. The number of hydrogen-bond donors (Lipinski definition) is 2. The van der Waals surface area contributed by atoms with Gasteiger partial charge in [0.2, 0.25) is 5.91 Å². The van der Waals surface area contributed by atoms with Gasteiger partial charge in [0, 0.05) is 29.3 Å². The summed E-state index contributed by atoms with van der Waals surface area (Å²) >= 11 is 0. The number of para-hydroxylation sites is 1. The van der Waals surface area contributed by atoms with Crippen LogP contribution in [0, 0.1) is 6.92 Å². The van der Waals surface area contributed by atoms with Crippen molar-refractivity contribution in [2.45, 2.75) is 19.8 Å². The predicted octanol–water partition coefficient (Wildman–Crippen LogP) is 2.45. The van der Waals surface area contributed by atoms with Crippen LogP contribution in [0.5, 0.6) is 0 Å². The molecule has 0 saturated heterocycles. The van der Waals surface area contributed by atoms with Crippen LogP contribution in [0.2, 0.25) is 0 Å². The third-order valence-corrected chi connectivity index (χ3v) is 4.32. The van der Waals surface area contributed by atoms with Gasteiger partial charge in [-0.3, -0.25) is 14.7 Å². The molecule has 7 heteroatoms. The van der Waals surface area contributed by atoms with Crippen LogP contribution in [0.3, 0.4) is 0 Å². The number of aryl methyl sites for hydroxylation is 1. The maximum atomic E-state index is 12.8. The number of pyridine rings is 1. The number of carbonyl (C=O) groups is 1. The van der Waals surface area contributed by atoms with Crippen molar-refractivity contribution in [2.24, 2.45) is 0 Å². The largest absolute Gasteiger partial charge is 0.311 e. The van der Waals surface area contributed by atoms with Gasteiger partial charge in [-0.2, -0.15) is 0 Å². The monoisotopic (exact) mass is 347 g/mol. The molecule has 3 aromatic heterocycles. The quantitative estimate of drug-likeness (QED) is 0.593. The van der Waals surface area contributed by atoms with E-state index < -0.39 is 0 Å². The Hall–Kier alpha value is -3.48. The Bertz CT molecular complexity index is 1160. The van der Waals surface area contributed by atoms with Crippen LogP contribution in [0.1, 0.15) is 17.7 Å². The Kier molecular flexibility index (Phi) is 3.96. The zero-order chi connectivity index (χ0) is 18.1. The first-order valence-corrected chi connectivity index (χ1v) is 8.33. The highest BCUT2D eigenvalue weighted by Gasteiger charge is 2.15. The van der Waals surface area contributed by atoms with Crippen LogP contribution in [-0.2, 0) is 11.2 Å². The highest BCUT2D eigenvalue weighted by atomic mass is 16.1. The smallest absolute Gasteiger partial charge is 0.276 e. The van der Waals surface area contributed by atoms with Crippen LogP contribution in [0.25, 0.3) is 16.6 Å². The van der Waals surface area contributed by atoms with Crippen molar-refractivity contribution in [1.82, 2.24) is 19.6 Å². The number of benzene rings is 1. The molecule has 0 aliphatic rings. The summed E-state index contributed by atoms with van der Waals surface area (Å²) in [6.45, 7) is 1.80. The lowest BCUT2D eigenvalue weighted by Gasteiger charge is -2.06. The minimum absolute atomic E-state index is 0.172. The van der Waals surface area contributed by atoms with E-state index in [-0.39, 0.29) is 17.9 Å². The van der Waals surface area contributed by atoms with Gasteiger partial charge in [0.15, 0.2) is 5.65 Å². The van der Waals surface area contributed by atoms with E-state index in [1.54, 1.807) is 31.3 Å². The van der Waals surface area contributed by atoms with Crippen molar-refractivity contribution in [3.8, 4) is 0 Å².